The maximum Gasteiger partial charge on any atom is 0.206 e. The molecule has 0 bridgehead atoms. The van der Waals surface area contributed by atoms with Crippen LogP contribution < -0.4 is 16.6 Å². The Bertz CT molecular complexity index is 345. The van der Waals surface area contributed by atoms with Crippen molar-refractivity contribution in [2.45, 2.75) is 27.3 Å². The molecule has 1 aromatic heterocycles. The summed E-state index contributed by atoms with van der Waals surface area (Å²) in [6, 6.07) is 1.85. The van der Waals surface area contributed by atoms with Crippen molar-refractivity contribution in [3.8, 4) is 0 Å². The molecule has 90 valence electrons. The number of hydrogen-bond acceptors (Lipinski definition) is 4. The van der Waals surface area contributed by atoms with Crippen LogP contribution in [0, 0.1) is 12.8 Å². The predicted octanol–water partition coefficient (Wildman–Crippen LogP) is 0.548. The van der Waals surface area contributed by atoms with E-state index in [9.17, 15) is 0 Å². The van der Waals surface area contributed by atoms with E-state index in [-0.39, 0.29) is 0 Å². The van der Waals surface area contributed by atoms with Crippen LogP contribution in [0.3, 0.4) is 0 Å². The Hall–Kier alpha value is -1.56. The summed E-state index contributed by atoms with van der Waals surface area (Å²) >= 11 is 0. The number of guanidine groups is 1. The molecule has 6 heteroatoms. The molecule has 0 aliphatic heterocycles. The number of nitrogens with one attached hydrogen (secondary N) is 2. The largest absolute Gasteiger partial charge is 0.359 e. The molecule has 0 unspecified atom stereocenters. The van der Waals surface area contributed by atoms with Crippen molar-refractivity contribution in [1.29, 1.82) is 0 Å². The van der Waals surface area contributed by atoms with Gasteiger partial charge in [0.25, 0.3) is 0 Å². The summed E-state index contributed by atoms with van der Waals surface area (Å²) < 4.78 is 5.03. The number of aryl methyl sites for hydroxylation is 1. The Morgan fingerprint density at radius 3 is 2.88 bits per heavy atom. The molecule has 6 nitrogen and oxygen atoms in total. The fraction of sp³-hybridized carbons (Fsp3) is 0.600. The molecule has 1 heterocycles. The number of nitrogens with two attached hydrogens (primary N) is 1. The van der Waals surface area contributed by atoms with Gasteiger partial charge in [0, 0.05) is 12.6 Å². The SMILES string of the molecule is Cc1cc(CN=C(NN)NCC(C)C)on1. The van der Waals surface area contributed by atoms with Crippen molar-refractivity contribution in [2.24, 2.45) is 16.8 Å². The predicted molar refractivity (Wildman–Crippen MR) is 62.5 cm³/mol. The van der Waals surface area contributed by atoms with Crippen LogP contribution >= 0.6 is 0 Å². The minimum Gasteiger partial charge on any atom is -0.359 e. The first-order valence-electron chi connectivity index (χ1n) is 5.29. The zero-order valence-electron chi connectivity index (χ0n) is 9.95. The van der Waals surface area contributed by atoms with Gasteiger partial charge >= 0.3 is 0 Å². The zero-order chi connectivity index (χ0) is 12.0. The van der Waals surface area contributed by atoms with Gasteiger partial charge in [-0.2, -0.15) is 0 Å². The van der Waals surface area contributed by atoms with Gasteiger partial charge in [0.05, 0.1) is 5.69 Å². The van der Waals surface area contributed by atoms with E-state index in [1.54, 1.807) is 0 Å². The van der Waals surface area contributed by atoms with Crippen LogP contribution in [-0.2, 0) is 6.54 Å². The fourth-order valence-corrected chi connectivity index (χ4v) is 1.10. The average molecular weight is 225 g/mol. The summed E-state index contributed by atoms with van der Waals surface area (Å²) in [5.74, 6) is 7.15. The third-order valence-corrected chi connectivity index (χ3v) is 1.88. The van der Waals surface area contributed by atoms with Crippen molar-refractivity contribution in [3.63, 3.8) is 0 Å². The van der Waals surface area contributed by atoms with Crippen LogP contribution in [0.25, 0.3) is 0 Å². The zero-order valence-corrected chi connectivity index (χ0v) is 9.95. The summed E-state index contributed by atoms with van der Waals surface area (Å²) in [7, 11) is 0. The molecule has 0 amide bonds. The molecule has 0 saturated carbocycles. The first kappa shape index (κ1) is 12.5. The lowest BCUT2D eigenvalue weighted by atomic mass is 10.2. The van der Waals surface area contributed by atoms with Gasteiger partial charge in [-0.3, -0.25) is 5.43 Å². The summed E-state index contributed by atoms with van der Waals surface area (Å²) in [6.07, 6.45) is 0. The van der Waals surface area contributed by atoms with Crippen molar-refractivity contribution >= 4 is 5.96 Å². The first-order valence-corrected chi connectivity index (χ1v) is 5.29. The molecule has 4 N–H and O–H groups in total. The standard InChI is InChI=1S/C10H19N5O/c1-7(2)5-12-10(14-11)13-6-9-4-8(3)15-16-9/h4,7H,5-6,11H2,1-3H3,(H2,12,13,14). The van der Waals surface area contributed by atoms with E-state index in [2.05, 4.69) is 34.7 Å². The number of hydrogen-bond donors (Lipinski definition) is 3. The van der Waals surface area contributed by atoms with E-state index in [0.717, 1.165) is 18.0 Å². The van der Waals surface area contributed by atoms with Crippen LogP contribution in [0.4, 0.5) is 0 Å². The highest BCUT2D eigenvalue weighted by atomic mass is 16.5. The summed E-state index contributed by atoms with van der Waals surface area (Å²) in [4.78, 5) is 4.23. The highest BCUT2D eigenvalue weighted by molar-refractivity contribution is 5.79. The Balaban J connectivity index is 2.46. The molecule has 0 fully saturated rings. The van der Waals surface area contributed by atoms with E-state index in [0.29, 0.717) is 18.4 Å². The van der Waals surface area contributed by atoms with Crippen molar-refractivity contribution in [1.82, 2.24) is 15.9 Å². The Kier molecular flexibility index (Phi) is 4.78. The van der Waals surface area contributed by atoms with Gasteiger partial charge in [-0.05, 0) is 12.8 Å². The van der Waals surface area contributed by atoms with Crippen molar-refractivity contribution < 1.29 is 4.52 Å². The molecule has 16 heavy (non-hydrogen) atoms. The van der Waals surface area contributed by atoms with Crippen LogP contribution in [-0.4, -0.2) is 17.7 Å². The Morgan fingerprint density at radius 1 is 1.62 bits per heavy atom. The lowest BCUT2D eigenvalue weighted by molar-refractivity contribution is 0.381. The second kappa shape index (κ2) is 6.12. The quantitative estimate of drug-likeness (QED) is 0.301. The van der Waals surface area contributed by atoms with E-state index < -0.39 is 0 Å². The van der Waals surface area contributed by atoms with Gasteiger partial charge in [0.15, 0.2) is 5.76 Å². The van der Waals surface area contributed by atoms with Crippen LogP contribution in [0.1, 0.15) is 25.3 Å². The summed E-state index contributed by atoms with van der Waals surface area (Å²) in [5.41, 5.74) is 3.36. The molecule has 0 atom stereocenters. The maximum atomic E-state index is 5.34. The molecule has 1 aromatic rings. The molecule has 0 saturated heterocycles. The molecule has 0 aromatic carbocycles. The van der Waals surface area contributed by atoms with E-state index in [1.165, 1.54) is 0 Å². The normalized spacial score (nSPS) is 11.9. The fourth-order valence-electron chi connectivity index (χ4n) is 1.10. The summed E-state index contributed by atoms with van der Waals surface area (Å²) in [5, 5.41) is 6.88. The summed E-state index contributed by atoms with van der Waals surface area (Å²) in [6.45, 7) is 7.33. The lowest BCUT2D eigenvalue weighted by Gasteiger charge is -2.10. The van der Waals surface area contributed by atoms with Gasteiger partial charge in [-0.15, -0.1) is 0 Å². The molecule has 1 rings (SSSR count). The Labute approximate surface area is 95.3 Å². The van der Waals surface area contributed by atoms with Crippen LogP contribution in [0.15, 0.2) is 15.6 Å². The molecule has 0 aliphatic carbocycles. The van der Waals surface area contributed by atoms with E-state index in [1.807, 2.05) is 13.0 Å². The third kappa shape index (κ3) is 4.31. The second-order valence-corrected chi connectivity index (χ2v) is 4.02. The number of hydrazine groups is 1. The van der Waals surface area contributed by atoms with Gasteiger partial charge < -0.3 is 9.84 Å². The van der Waals surface area contributed by atoms with Gasteiger partial charge in [-0.1, -0.05) is 19.0 Å². The third-order valence-electron chi connectivity index (χ3n) is 1.88. The molecule has 0 radical (unpaired) electrons. The smallest absolute Gasteiger partial charge is 0.206 e. The number of aliphatic imine (C=N–C) groups is 1. The average Bonchev–Trinajstić information content (AvgIpc) is 2.64. The van der Waals surface area contributed by atoms with Gasteiger partial charge in [-0.25, -0.2) is 10.8 Å². The number of nitrogens with zero attached hydrogens (tertiary/aromatic N) is 2. The van der Waals surface area contributed by atoms with E-state index >= 15 is 0 Å². The van der Waals surface area contributed by atoms with Gasteiger partial charge in [0.2, 0.25) is 5.96 Å². The Morgan fingerprint density at radius 2 is 2.38 bits per heavy atom. The topological polar surface area (TPSA) is 88.5 Å². The number of rotatable bonds is 4. The highest BCUT2D eigenvalue weighted by Gasteiger charge is 2.01. The molecule has 0 spiro atoms. The van der Waals surface area contributed by atoms with Crippen molar-refractivity contribution in [3.05, 3.63) is 17.5 Å². The second-order valence-electron chi connectivity index (χ2n) is 4.02. The van der Waals surface area contributed by atoms with E-state index in [4.69, 9.17) is 10.4 Å². The highest BCUT2D eigenvalue weighted by Crippen LogP contribution is 2.03. The minimum absolute atomic E-state index is 0.422. The van der Waals surface area contributed by atoms with Crippen LogP contribution in [0.2, 0.25) is 0 Å². The molecular formula is C10H19N5O. The number of aromatic nitrogens is 1. The molecule has 0 aliphatic rings. The van der Waals surface area contributed by atoms with Crippen LogP contribution in [0.5, 0.6) is 0 Å². The monoisotopic (exact) mass is 225 g/mol. The van der Waals surface area contributed by atoms with Crippen molar-refractivity contribution in [2.75, 3.05) is 6.54 Å². The molecular weight excluding hydrogens is 206 g/mol. The van der Waals surface area contributed by atoms with Gasteiger partial charge in [0.1, 0.15) is 6.54 Å². The maximum absolute atomic E-state index is 5.34. The first-order chi connectivity index (χ1) is 7.61. The minimum atomic E-state index is 0.422. The lowest BCUT2D eigenvalue weighted by Crippen LogP contribution is -2.42.